The summed E-state index contributed by atoms with van der Waals surface area (Å²) in [6, 6.07) is 7.59. The van der Waals surface area contributed by atoms with Crippen LogP contribution in [0.15, 0.2) is 41.1 Å². The van der Waals surface area contributed by atoms with E-state index in [9.17, 15) is 9.18 Å². The van der Waals surface area contributed by atoms with Crippen LogP contribution in [0.5, 0.6) is 0 Å². The molecule has 0 saturated carbocycles. The minimum atomic E-state index is -0.455. The first-order chi connectivity index (χ1) is 8.15. The fourth-order valence-corrected chi connectivity index (χ4v) is 1.51. The molecule has 1 amide bonds. The number of carbonyl (C=O) groups is 1. The van der Waals surface area contributed by atoms with E-state index in [1.54, 1.807) is 18.2 Å². The van der Waals surface area contributed by atoms with Crippen LogP contribution in [0.2, 0.25) is 0 Å². The van der Waals surface area contributed by atoms with E-state index in [1.807, 2.05) is 0 Å². The molecule has 0 atom stereocenters. The number of anilines is 1. The molecule has 0 radical (unpaired) electrons. The van der Waals surface area contributed by atoms with Crippen molar-refractivity contribution in [3.05, 3.63) is 52.6 Å². The van der Waals surface area contributed by atoms with Gasteiger partial charge >= 0.3 is 0 Å². The van der Waals surface area contributed by atoms with Crippen molar-refractivity contribution in [2.75, 3.05) is 5.32 Å². The number of rotatable bonds is 2. The summed E-state index contributed by atoms with van der Waals surface area (Å²) in [5, 5.41) is 2.51. The number of nitrogens with zero attached hydrogens (tertiary/aromatic N) is 2. The average molecular weight is 296 g/mol. The van der Waals surface area contributed by atoms with Gasteiger partial charge in [0, 0.05) is 0 Å². The second-order valence-electron chi connectivity index (χ2n) is 3.16. The van der Waals surface area contributed by atoms with Crippen LogP contribution >= 0.6 is 15.9 Å². The van der Waals surface area contributed by atoms with E-state index < -0.39 is 11.7 Å². The van der Waals surface area contributed by atoms with Crippen LogP contribution in [0.4, 0.5) is 10.2 Å². The van der Waals surface area contributed by atoms with Gasteiger partial charge in [0.05, 0.1) is 6.20 Å². The molecule has 0 bridgehead atoms. The first-order valence-electron chi connectivity index (χ1n) is 4.70. The highest BCUT2D eigenvalue weighted by Crippen LogP contribution is 2.09. The van der Waals surface area contributed by atoms with Gasteiger partial charge in [-0.15, -0.1) is 0 Å². The molecule has 2 aromatic rings. The van der Waals surface area contributed by atoms with Gasteiger partial charge in [-0.2, -0.15) is 0 Å². The van der Waals surface area contributed by atoms with E-state index >= 15 is 0 Å². The van der Waals surface area contributed by atoms with Crippen LogP contribution in [0.1, 0.15) is 10.5 Å². The number of amides is 1. The van der Waals surface area contributed by atoms with Crippen molar-refractivity contribution in [1.82, 2.24) is 9.97 Å². The largest absolute Gasteiger partial charge is 0.305 e. The third-order valence-electron chi connectivity index (χ3n) is 1.92. The van der Waals surface area contributed by atoms with Crippen LogP contribution in [-0.4, -0.2) is 15.9 Å². The van der Waals surface area contributed by atoms with Gasteiger partial charge < -0.3 is 5.32 Å². The van der Waals surface area contributed by atoms with Gasteiger partial charge in [0.25, 0.3) is 5.91 Å². The predicted molar refractivity (Wildman–Crippen MR) is 64.1 cm³/mol. The number of aromatic nitrogens is 2. The molecule has 0 aliphatic carbocycles. The summed E-state index contributed by atoms with van der Waals surface area (Å²) in [7, 11) is 0. The molecule has 0 spiro atoms. The first kappa shape index (κ1) is 11.7. The Morgan fingerprint density at radius 2 is 2.12 bits per heavy atom. The van der Waals surface area contributed by atoms with Crippen LogP contribution in [0.3, 0.4) is 0 Å². The van der Waals surface area contributed by atoms with Crippen molar-refractivity contribution in [1.29, 1.82) is 0 Å². The minimum absolute atomic E-state index is 0.255. The number of halogens is 2. The highest BCUT2D eigenvalue weighted by Gasteiger charge is 2.08. The summed E-state index contributed by atoms with van der Waals surface area (Å²) in [5.41, 5.74) is 0.255. The number of nitrogens with one attached hydrogen (secondary N) is 1. The zero-order valence-electron chi connectivity index (χ0n) is 8.52. The molecule has 0 unspecified atom stereocenters. The van der Waals surface area contributed by atoms with Crippen molar-refractivity contribution in [3.8, 4) is 0 Å². The number of carbonyl (C=O) groups excluding carboxylic acids is 1. The normalized spacial score (nSPS) is 10.0. The second-order valence-corrected chi connectivity index (χ2v) is 3.97. The second kappa shape index (κ2) is 5.01. The smallest absolute Gasteiger partial charge is 0.275 e. The molecule has 17 heavy (non-hydrogen) atoms. The standard InChI is InChI=1S/C11H7BrFN3O/c12-9-3-1-2-8(15-9)11(17)16-10-5-4-7(13)6-14-10/h1-6H,(H,14,16,17). The first-order valence-corrected chi connectivity index (χ1v) is 5.50. The maximum Gasteiger partial charge on any atom is 0.275 e. The monoisotopic (exact) mass is 295 g/mol. The summed E-state index contributed by atoms with van der Waals surface area (Å²) in [6.07, 6.45) is 1.03. The zero-order valence-corrected chi connectivity index (χ0v) is 10.1. The molecule has 6 heteroatoms. The summed E-state index contributed by atoms with van der Waals surface area (Å²) in [5.74, 6) is -0.577. The summed E-state index contributed by atoms with van der Waals surface area (Å²) in [6.45, 7) is 0. The fourth-order valence-electron chi connectivity index (χ4n) is 1.16. The van der Waals surface area contributed by atoms with Crippen molar-refractivity contribution in [2.45, 2.75) is 0 Å². The maximum atomic E-state index is 12.6. The third kappa shape index (κ3) is 3.07. The van der Waals surface area contributed by atoms with Gasteiger partial charge in [0.1, 0.15) is 21.9 Å². The Balaban J connectivity index is 2.14. The topological polar surface area (TPSA) is 54.9 Å². The van der Waals surface area contributed by atoms with Crippen molar-refractivity contribution < 1.29 is 9.18 Å². The maximum absolute atomic E-state index is 12.6. The zero-order chi connectivity index (χ0) is 12.3. The van der Waals surface area contributed by atoms with Gasteiger partial charge in [0.2, 0.25) is 0 Å². The SMILES string of the molecule is O=C(Nc1ccc(F)cn1)c1cccc(Br)n1. The molecular weight excluding hydrogens is 289 g/mol. The van der Waals surface area contributed by atoms with Gasteiger partial charge in [-0.3, -0.25) is 4.79 Å². The van der Waals surface area contributed by atoms with Gasteiger partial charge in [-0.05, 0) is 40.2 Å². The minimum Gasteiger partial charge on any atom is -0.305 e. The molecule has 0 saturated heterocycles. The van der Waals surface area contributed by atoms with Gasteiger partial charge in [-0.1, -0.05) is 6.07 Å². The molecule has 2 aromatic heterocycles. The van der Waals surface area contributed by atoms with Crippen molar-refractivity contribution in [3.63, 3.8) is 0 Å². The lowest BCUT2D eigenvalue weighted by molar-refractivity contribution is 0.102. The van der Waals surface area contributed by atoms with E-state index in [-0.39, 0.29) is 11.5 Å². The molecule has 0 aliphatic heterocycles. The lowest BCUT2D eigenvalue weighted by atomic mass is 10.3. The number of hydrogen-bond acceptors (Lipinski definition) is 3. The summed E-state index contributed by atoms with van der Waals surface area (Å²) >= 11 is 3.17. The average Bonchev–Trinajstić information content (AvgIpc) is 2.32. The van der Waals surface area contributed by atoms with Gasteiger partial charge in [0.15, 0.2) is 0 Å². The van der Waals surface area contributed by atoms with Crippen LogP contribution in [0, 0.1) is 5.82 Å². The van der Waals surface area contributed by atoms with E-state index in [2.05, 4.69) is 31.2 Å². The Bertz CT molecular complexity index is 545. The Morgan fingerprint density at radius 1 is 1.29 bits per heavy atom. The quantitative estimate of drug-likeness (QED) is 0.867. The molecular formula is C11H7BrFN3O. The molecule has 0 aromatic carbocycles. The highest BCUT2D eigenvalue weighted by molar-refractivity contribution is 9.10. The third-order valence-corrected chi connectivity index (χ3v) is 2.36. The fraction of sp³-hybridized carbons (Fsp3) is 0. The molecule has 0 fully saturated rings. The number of hydrogen-bond donors (Lipinski definition) is 1. The number of pyridine rings is 2. The molecule has 86 valence electrons. The summed E-state index contributed by atoms with van der Waals surface area (Å²) in [4.78, 5) is 19.4. The molecule has 0 aliphatic rings. The van der Waals surface area contributed by atoms with E-state index in [1.165, 1.54) is 12.1 Å². The molecule has 4 nitrogen and oxygen atoms in total. The Hall–Kier alpha value is -1.82. The van der Waals surface area contributed by atoms with Crippen molar-refractivity contribution in [2.24, 2.45) is 0 Å². The van der Waals surface area contributed by atoms with Crippen LogP contribution in [-0.2, 0) is 0 Å². The van der Waals surface area contributed by atoms with E-state index in [4.69, 9.17) is 0 Å². The van der Waals surface area contributed by atoms with Crippen LogP contribution < -0.4 is 5.32 Å². The van der Waals surface area contributed by atoms with Gasteiger partial charge in [-0.25, -0.2) is 14.4 Å². The Morgan fingerprint density at radius 3 is 2.76 bits per heavy atom. The molecule has 1 N–H and O–H groups in total. The predicted octanol–water partition coefficient (Wildman–Crippen LogP) is 2.63. The lowest BCUT2D eigenvalue weighted by Gasteiger charge is -2.03. The molecule has 2 rings (SSSR count). The van der Waals surface area contributed by atoms with E-state index in [0.717, 1.165) is 6.20 Å². The Labute approximate surface area is 105 Å². The Kier molecular flexibility index (Phi) is 3.43. The summed E-state index contributed by atoms with van der Waals surface area (Å²) < 4.78 is 13.2. The van der Waals surface area contributed by atoms with Crippen LogP contribution in [0.25, 0.3) is 0 Å². The lowest BCUT2D eigenvalue weighted by Crippen LogP contribution is -2.14. The van der Waals surface area contributed by atoms with Crippen molar-refractivity contribution >= 4 is 27.7 Å². The molecule has 2 heterocycles. The highest BCUT2D eigenvalue weighted by atomic mass is 79.9. The van der Waals surface area contributed by atoms with E-state index in [0.29, 0.717) is 4.60 Å².